The second kappa shape index (κ2) is 7.58. The molecule has 4 nitrogen and oxygen atoms in total. The predicted octanol–water partition coefficient (Wildman–Crippen LogP) is 3.75. The first kappa shape index (κ1) is 16.7. The molecule has 2 aromatic rings. The van der Waals surface area contributed by atoms with Crippen molar-refractivity contribution in [3.63, 3.8) is 0 Å². The van der Waals surface area contributed by atoms with Gasteiger partial charge in [-0.1, -0.05) is 42.0 Å². The van der Waals surface area contributed by atoms with Crippen LogP contribution in [-0.2, 0) is 16.0 Å². The molecule has 0 heterocycles. The van der Waals surface area contributed by atoms with Crippen molar-refractivity contribution in [2.75, 3.05) is 5.32 Å². The lowest BCUT2D eigenvalue weighted by Gasteiger charge is -2.09. The van der Waals surface area contributed by atoms with Gasteiger partial charge < -0.3 is 10.4 Å². The summed E-state index contributed by atoms with van der Waals surface area (Å²) in [6.45, 7) is 3.67. The third kappa shape index (κ3) is 4.95. The van der Waals surface area contributed by atoms with Crippen LogP contribution in [0.1, 0.15) is 36.0 Å². The lowest BCUT2D eigenvalue weighted by Crippen LogP contribution is -2.12. The van der Waals surface area contributed by atoms with E-state index in [1.54, 1.807) is 31.2 Å². The highest BCUT2D eigenvalue weighted by atomic mass is 16.4. The Bertz CT molecular complexity index is 675. The summed E-state index contributed by atoms with van der Waals surface area (Å²) in [4.78, 5) is 22.9. The van der Waals surface area contributed by atoms with Crippen LogP contribution in [0.2, 0.25) is 0 Å². The predicted molar refractivity (Wildman–Crippen MR) is 90.6 cm³/mol. The maximum absolute atomic E-state index is 12.0. The van der Waals surface area contributed by atoms with Gasteiger partial charge in [-0.05, 0) is 43.5 Å². The van der Waals surface area contributed by atoms with Gasteiger partial charge in [0.15, 0.2) is 0 Å². The van der Waals surface area contributed by atoms with E-state index in [1.165, 1.54) is 5.56 Å². The fraction of sp³-hybridized carbons (Fsp3) is 0.263. The number of anilines is 1. The molecule has 0 spiro atoms. The first-order valence-electron chi connectivity index (χ1n) is 7.64. The molecule has 0 fully saturated rings. The van der Waals surface area contributed by atoms with Gasteiger partial charge in [0.25, 0.3) is 0 Å². The Morgan fingerprint density at radius 3 is 2.22 bits per heavy atom. The van der Waals surface area contributed by atoms with Crippen LogP contribution in [0.3, 0.4) is 0 Å². The van der Waals surface area contributed by atoms with Gasteiger partial charge in [-0.25, -0.2) is 0 Å². The van der Waals surface area contributed by atoms with E-state index in [0.717, 1.165) is 11.1 Å². The fourth-order valence-corrected chi connectivity index (χ4v) is 2.23. The van der Waals surface area contributed by atoms with Gasteiger partial charge in [0, 0.05) is 12.1 Å². The number of benzene rings is 2. The zero-order valence-electron chi connectivity index (χ0n) is 13.4. The van der Waals surface area contributed by atoms with E-state index in [9.17, 15) is 9.59 Å². The molecule has 0 aliphatic heterocycles. The van der Waals surface area contributed by atoms with E-state index in [4.69, 9.17) is 5.11 Å². The molecular weight excluding hydrogens is 290 g/mol. The Morgan fingerprint density at radius 2 is 1.65 bits per heavy atom. The number of hydrogen-bond donors (Lipinski definition) is 2. The van der Waals surface area contributed by atoms with Crippen LogP contribution in [0.25, 0.3) is 0 Å². The average Bonchev–Trinajstić information content (AvgIpc) is 2.54. The van der Waals surface area contributed by atoms with Crippen LogP contribution in [0.5, 0.6) is 0 Å². The van der Waals surface area contributed by atoms with Crippen LogP contribution >= 0.6 is 0 Å². The highest BCUT2D eigenvalue weighted by Gasteiger charge is 2.13. The molecule has 1 atom stereocenters. The monoisotopic (exact) mass is 311 g/mol. The molecule has 0 aliphatic rings. The van der Waals surface area contributed by atoms with Gasteiger partial charge in [0.2, 0.25) is 5.91 Å². The minimum absolute atomic E-state index is 0.0513. The van der Waals surface area contributed by atoms with Crippen molar-refractivity contribution in [1.29, 1.82) is 0 Å². The SMILES string of the molecule is Cc1ccc(CCC(=O)Nc2ccc(C(C)C(=O)O)cc2)cc1. The van der Waals surface area contributed by atoms with Gasteiger partial charge in [0.1, 0.15) is 0 Å². The van der Waals surface area contributed by atoms with Crippen molar-refractivity contribution in [3.05, 3.63) is 65.2 Å². The average molecular weight is 311 g/mol. The zero-order valence-corrected chi connectivity index (χ0v) is 13.4. The van der Waals surface area contributed by atoms with E-state index in [0.29, 0.717) is 18.5 Å². The first-order chi connectivity index (χ1) is 11.0. The highest BCUT2D eigenvalue weighted by Crippen LogP contribution is 2.18. The number of rotatable bonds is 6. The Hall–Kier alpha value is -2.62. The quantitative estimate of drug-likeness (QED) is 0.853. The Balaban J connectivity index is 1.87. The third-order valence-corrected chi connectivity index (χ3v) is 3.83. The summed E-state index contributed by atoms with van der Waals surface area (Å²) in [5.74, 6) is -1.47. The van der Waals surface area contributed by atoms with Gasteiger partial charge in [-0.3, -0.25) is 9.59 Å². The molecule has 0 aliphatic carbocycles. The standard InChI is InChI=1S/C19H21NO3/c1-13-3-5-15(6-4-13)7-12-18(21)20-17-10-8-16(9-11-17)14(2)19(22)23/h3-6,8-11,14H,7,12H2,1-2H3,(H,20,21)(H,22,23). The second-order valence-electron chi connectivity index (χ2n) is 5.72. The van der Waals surface area contributed by atoms with E-state index >= 15 is 0 Å². The number of aliphatic carboxylic acids is 1. The number of carboxylic acids is 1. The van der Waals surface area contributed by atoms with Crippen LogP contribution in [-0.4, -0.2) is 17.0 Å². The summed E-state index contributed by atoms with van der Waals surface area (Å²) in [5, 5.41) is 11.8. The van der Waals surface area contributed by atoms with Gasteiger partial charge in [-0.15, -0.1) is 0 Å². The number of carbonyl (C=O) groups is 2. The summed E-state index contributed by atoms with van der Waals surface area (Å²) in [5.41, 5.74) is 3.74. The van der Waals surface area contributed by atoms with Crippen molar-refractivity contribution in [2.24, 2.45) is 0 Å². The van der Waals surface area contributed by atoms with Crippen molar-refractivity contribution in [3.8, 4) is 0 Å². The largest absolute Gasteiger partial charge is 0.481 e. The Labute approximate surface area is 136 Å². The number of nitrogens with one attached hydrogen (secondary N) is 1. The molecule has 2 rings (SSSR count). The van der Waals surface area contributed by atoms with Crippen LogP contribution in [0.4, 0.5) is 5.69 Å². The van der Waals surface area contributed by atoms with Gasteiger partial charge in [0.05, 0.1) is 5.92 Å². The minimum Gasteiger partial charge on any atom is -0.481 e. The second-order valence-corrected chi connectivity index (χ2v) is 5.72. The number of carboxylic acid groups (broad SMARTS) is 1. The maximum Gasteiger partial charge on any atom is 0.310 e. The molecule has 0 saturated carbocycles. The lowest BCUT2D eigenvalue weighted by molar-refractivity contribution is -0.138. The van der Waals surface area contributed by atoms with Gasteiger partial charge in [-0.2, -0.15) is 0 Å². The van der Waals surface area contributed by atoms with Gasteiger partial charge >= 0.3 is 5.97 Å². The fourth-order valence-electron chi connectivity index (χ4n) is 2.23. The van der Waals surface area contributed by atoms with Crippen LogP contribution in [0, 0.1) is 6.92 Å². The van der Waals surface area contributed by atoms with E-state index in [-0.39, 0.29) is 5.91 Å². The summed E-state index contributed by atoms with van der Waals surface area (Å²) in [6.07, 6.45) is 1.11. The smallest absolute Gasteiger partial charge is 0.310 e. The number of amides is 1. The normalized spacial score (nSPS) is 11.7. The third-order valence-electron chi connectivity index (χ3n) is 3.83. The molecule has 2 aromatic carbocycles. The molecule has 4 heteroatoms. The Morgan fingerprint density at radius 1 is 1.04 bits per heavy atom. The maximum atomic E-state index is 12.0. The van der Waals surface area contributed by atoms with Crippen LogP contribution < -0.4 is 5.32 Å². The molecule has 0 aromatic heterocycles. The molecule has 1 amide bonds. The molecular formula is C19H21NO3. The summed E-state index contributed by atoms with van der Waals surface area (Å²) in [6, 6.07) is 15.1. The topological polar surface area (TPSA) is 66.4 Å². The van der Waals surface area contributed by atoms with Crippen molar-refractivity contribution in [1.82, 2.24) is 0 Å². The molecule has 0 bridgehead atoms. The molecule has 2 N–H and O–H groups in total. The molecule has 0 radical (unpaired) electrons. The lowest BCUT2D eigenvalue weighted by atomic mass is 10.0. The number of aryl methyl sites for hydroxylation is 2. The molecule has 0 saturated heterocycles. The number of hydrogen-bond acceptors (Lipinski definition) is 2. The zero-order chi connectivity index (χ0) is 16.8. The van der Waals surface area contributed by atoms with E-state index in [1.807, 2.05) is 31.2 Å². The van der Waals surface area contributed by atoms with Crippen molar-refractivity contribution >= 4 is 17.6 Å². The summed E-state index contributed by atoms with van der Waals surface area (Å²) < 4.78 is 0. The van der Waals surface area contributed by atoms with Crippen LogP contribution in [0.15, 0.2) is 48.5 Å². The molecule has 23 heavy (non-hydrogen) atoms. The molecule has 1 unspecified atom stereocenters. The first-order valence-corrected chi connectivity index (χ1v) is 7.64. The number of carbonyl (C=O) groups excluding carboxylic acids is 1. The minimum atomic E-state index is -0.861. The van der Waals surface area contributed by atoms with E-state index in [2.05, 4.69) is 5.32 Å². The summed E-state index contributed by atoms with van der Waals surface area (Å²) >= 11 is 0. The highest BCUT2D eigenvalue weighted by molar-refractivity contribution is 5.90. The molecule has 120 valence electrons. The van der Waals surface area contributed by atoms with Crippen molar-refractivity contribution < 1.29 is 14.7 Å². The van der Waals surface area contributed by atoms with Crippen molar-refractivity contribution in [2.45, 2.75) is 32.6 Å². The summed E-state index contributed by atoms with van der Waals surface area (Å²) in [7, 11) is 0. The Kier molecular flexibility index (Phi) is 5.52. The van der Waals surface area contributed by atoms with E-state index < -0.39 is 11.9 Å².